The van der Waals surface area contributed by atoms with Crippen molar-refractivity contribution in [3.8, 4) is 0 Å². The standard InChI is InChI=1S/C26H31N5O/c32-26(22-9-10-22)29-24-7-4-8-25(15-24)30-13-11-23(12-14-30)27-16-21-17-28-31(19-21)18-20-5-2-1-3-6-20/h1-8,15,17,19,22-23,27H,9-14,16,18H2,(H,29,32). The van der Waals surface area contributed by atoms with Gasteiger partial charge >= 0.3 is 0 Å². The van der Waals surface area contributed by atoms with Gasteiger partial charge in [-0.25, -0.2) is 0 Å². The van der Waals surface area contributed by atoms with Crippen LogP contribution in [0.3, 0.4) is 0 Å². The first-order chi connectivity index (χ1) is 15.7. The van der Waals surface area contributed by atoms with Crippen molar-refractivity contribution >= 4 is 17.3 Å². The molecule has 1 aliphatic carbocycles. The fourth-order valence-electron chi connectivity index (χ4n) is 4.33. The monoisotopic (exact) mass is 429 g/mol. The number of nitrogens with zero attached hydrogens (tertiary/aromatic N) is 3. The number of benzene rings is 2. The third-order valence-corrected chi connectivity index (χ3v) is 6.39. The predicted molar refractivity (Wildman–Crippen MR) is 128 cm³/mol. The van der Waals surface area contributed by atoms with Gasteiger partial charge in [-0.15, -0.1) is 0 Å². The van der Waals surface area contributed by atoms with Gasteiger partial charge in [-0.2, -0.15) is 5.10 Å². The molecule has 0 radical (unpaired) electrons. The highest BCUT2D eigenvalue weighted by Gasteiger charge is 2.29. The zero-order valence-corrected chi connectivity index (χ0v) is 18.4. The first-order valence-electron chi connectivity index (χ1n) is 11.7. The second kappa shape index (κ2) is 9.57. The van der Waals surface area contributed by atoms with Crippen molar-refractivity contribution in [2.24, 2.45) is 5.92 Å². The normalized spacial score (nSPS) is 16.8. The van der Waals surface area contributed by atoms with Crippen molar-refractivity contribution in [3.63, 3.8) is 0 Å². The molecule has 1 saturated carbocycles. The van der Waals surface area contributed by atoms with Crippen LogP contribution in [0.1, 0.15) is 36.8 Å². The fourth-order valence-corrected chi connectivity index (χ4v) is 4.33. The molecule has 2 N–H and O–H groups in total. The minimum atomic E-state index is 0.164. The topological polar surface area (TPSA) is 62.2 Å². The van der Waals surface area contributed by atoms with Crippen LogP contribution in [0.25, 0.3) is 0 Å². The van der Waals surface area contributed by atoms with Gasteiger partial charge in [-0.05, 0) is 49.4 Å². The molecule has 0 unspecified atom stereocenters. The van der Waals surface area contributed by atoms with E-state index in [0.29, 0.717) is 6.04 Å². The summed E-state index contributed by atoms with van der Waals surface area (Å²) in [5.74, 6) is 0.392. The molecule has 0 spiro atoms. The number of piperidine rings is 1. The summed E-state index contributed by atoms with van der Waals surface area (Å²) in [6.07, 6.45) is 8.37. The molecule has 2 heterocycles. The maximum Gasteiger partial charge on any atom is 0.227 e. The summed E-state index contributed by atoms with van der Waals surface area (Å²) in [5, 5.41) is 11.3. The van der Waals surface area contributed by atoms with Crippen LogP contribution in [0, 0.1) is 5.92 Å². The molecule has 1 amide bonds. The Morgan fingerprint density at radius 3 is 2.56 bits per heavy atom. The van der Waals surface area contributed by atoms with Crippen molar-refractivity contribution < 1.29 is 4.79 Å². The first kappa shape index (κ1) is 20.8. The first-order valence-corrected chi connectivity index (χ1v) is 11.7. The average Bonchev–Trinajstić information content (AvgIpc) is 3.59. The Bertz CT molecular complexity index is 1040. The Hall–Kier alpha value is -3.12. The zero-order valence-electron chi connectivity index (χ0n) is 18.4. The Labute approximate surface area is 189 Å². The second-order valence-corrected chi connectivity index (χ2v) is 8.99. The summed E-state index contributed by atoms with van der Waals surface area (Å²) in [6.45, 7) is 3.69. The van der Waals surface area contributed by atoms with Gasteiger partial charge < -0.3 is 15.5 Å². The number of carbonyl (C=O) groups is 1. The van der Waals surface area contributed by atoms with Gasteiger partial charge in [0.05, 0.1) is 12.7 Å². The second-order valence-electron chi connectivity index (χ2n) is 8.99. The number of nitrogens with one attached hydrogen (secondary N) is 2. The zero-order chi connectivity index (χ0) is 21.8. The number of carbonyl (C=O) groups excluding carboxylic acids is 1. The summed E-state index contributed by atoms with van der Waals surface area (Å²) in [6, 6.07) is 19.2. The van der Waals surface area contributed by atoms with Gasteiger partial charge in [-0.3, -0.25) is 9.48 Å². The molecule has 166 valence electrons. The van der Waals surface area contributed by atoms with E-state index >= 15 is 0 Å². The lowest BCUT2D eigenvalue weighted by Gasteiger charge is -2.34. The Morgan fingerprint density at radius 1 is 0.969 bits per heavy atom. The highest BCUT2D eigenvalue weighted by Crippen LogP contribution is 2.31. The Kier molecular flexibility index (Phi) is 6.21. The smallest absolute Gasteiger partial charge is 0.227 e. The van der Waals surface area contributed by atoms with Crippen molar-refractivity contribution in [3.05, 3.63) is 78.1 Å². The van der Waals surface area contributed by atoms with E-state index in [1.165, 1.54) is 16.8 Å². The van der Waals surface area contributed by atoms with Crippen LogP contribution >= 0.6 is 0 Å². The van der Waals surface area contributed by atoms with Crippen LogP contribution in [0.15, 0.2) is 67.0 Å². The third-order valence-electron chi connectivity index (χ3n) is 6.39. The van der Waals surface area contributed by atoms with Crippen LogP contribution in [0.4, 0.5) is 11.4 Å². The van der Waals surface area contributed by atoms with E-state index in [1.54, 1.807) is 0 Å². The van der Waals surface area contributed by atoms with Crippen LogP contribution in [-0.4, -0.2) is 34.8 Å². The Morgan fingerprint density at radius 2 is 1.78 bits per heavy atom. The molecule has 1 aliphatic heterocycles. The highest BCUT2D eigenvalue weighted by atomic mass is 16.2. The van der Waals surface area contributed by atoms with Gasteiger partial charge in [0.1, 0.15) is 0 Å². The number of aromatic nitrogens is 2. The lowest BCUT2D eigenvalue weighted by atomic mass is 10.0. The SMILES string of the molecule is O=C(Nc1cccc(N2CCC(NCc3cnn(Cc4ccccc4)c3)CC2)c1)C1CC1. The van der Waals surface area contributed by atoms with Crippen LogP contribution in [0.2, 0.25) is 0 Å². The maximum absolute atomic E-state index is 12.0. The molecular weight excluding hydrogens is 398 g/mol. The van der Waals surface area contributed by atoms with Gasteiger partial charge in [0.2, 0.25) is 5.91 Å². The molecule has 0 bridgehead atoms. The quantitative estimate of drug-likeness (QED) is 0.567. The fraction of sp³-hybridized carbons (Fsp3) is 0.385. The minimum Gasteiger partial charge on any atom is -0.371 e. The summed E-state index contributed by atoms with van der Waals surface area (Å²) in [4.78, 5) is 14.5. The molecular formula is C26H31N5O. The van der Waals surface area contributed by atoms with E-state index in [0.717, 1.165) is 57.5 Å². The van der Waals surface area contributed by atoms with Gasteiger partial charge in [-0.1, -0.05) is 36.4 Å². The van der Waals surface area contributed by atoms with Crippen LogP contribution in [-0.2, 0) is 17.9 Å². The van der Waals surface area contributed by atoms with Gasteiger partial charge in [0.15, 0.2) is 0 Å². The predicted octanol–water partition coefficient (Wildman–Crippen LogP) is 4.04. The summed E-state index contributed by atoms with van der Waals surface area (Å²) in [5.41, 5.74) is 4.59. The van der Waals surface area contributed by atoms with Crippen molar-refractivity contribution in [2.75, 3.05) is 23.3 Å². The van der Waals surface area contributed by atoms with Crippen molar-refractivity contribution in [2.45, 2.75) is 44.8 Å². The van der Waals surface area contributed by atoms with Gasteiger partial charge in [0, 0.05) is 54.7 Å². The molecule has 3 aromatic rings. The number of amides is 1. The van der Waals surface area contributed by atoms with Crippen molar-refractivity contribution in [1.29, 1.82) is 0 Å². The van der Waals surface area contributed by atoms with Crippen LogP contribution in [0.5, 0.6) is 0 Å². The van der Waals surface area contributed by atoms with E-state index in [9.17, 15) is 4.79 Å². The molecule has 5 rings (SSSR count). The molecule has 2 aliphatic rings. The molecule has 6 heteroatoms. The molecule has 0 atom stereocenters. The summed E-state index contributed by atoms with van der Waals surface area (Å²) in [7, 11) is 0. The van der Waals surface area contributed by atoms with E-state index in [4.69, 9.17) is 0 Å². The van der Waals surface area contributed by atoms with E-state index in [1.807, 2.05) is 29.1 Å². The van der Waals surface area contributed by atoms with Crippen LogP contribution < -0.4 is 15.5 Å². The summed E-state index contributed by atoms with van der Waals surface area (Å²) < 4.78 is 2.00. The molecule has 32 heavy (non-hydrogen) atoms. The minimum absolute atomic E-state index is 0.164. The lowest BCUT2D eigenvalue weighted by Crippen LogP contribution is -2.42. The van der Waals surface area contributed by atoms with E-state index in [-0.39, 0.29) is 11.8 Å². The highest BCUT2D eigenvalue weighted by molar-refractivity contribution is 5.94. The Balaban J connectivity index is 1.08. The average molecular weight is 430 g/mol. The molecule has 6 nitrogen and oxygen atoms in total. The third kappa shape index (κ3) is 5.37. The number of rotatable bonds is 8. The maximum atomic E-state index is 12.0. The summed E-state index contributed by atoms with van der Waals surface area (Å²) >= 11 is 0. The van der Waals surface area contributed by atoms with E-state index < -0.39 is 0 Å². The van der Waals surface area contributed by atoms with Crippen molar-refractivity contribution in [1.82, 2.24) is 15.1 Å². The van der Waals surface area contributed by atoms with Gasteiger partial charge in [0.25, 0.3) is 0 Å². The largest absolute Gasteiger partial charge is 0.371 e. The number of hydrogen-bond acceptors (Lipinski definition) is 4. The molecule has 1 aromatic heterocycles. The number of hydrogen-bond donors (Lipinski definition) is 2. The van der Waals surface area contributed by atoms with E-state index in [2.05, 4.69) is 63.2 Å². The molecule has 2 fully saturated rings. The molecule has 1 saturated heterocycles. The number of anilines is 2. The molecule has 2 aromatic carbocycles. The lowest BCUT2D eigenvalue weighted by molar-refractivity contribution is -0.117.